The van der Waals surface area contributed by atoms with Gasteiger partial charge in [0.25, 0.3) is 0 Å². The minimum Gasteiger partial charge on any atom is -0.461 e. The Labute approximate surface area is 195 Å². The van der Waals surface area contributed by atoms with Gasteiger partial charge in [0.05, 0.1) is 6.61 Å². The van der Waals surface area contributed by atoms with Gasteiger partial charge in [-0.15, -0.1) is 11.3 Å². The largest absolute Gasteiger partial charge is 0.461 e. The Morgan fingerprint density at radius 1 is 1.24 bits per heavy atom. The molecule has 0 saturated heterocycles. The van der Waals surface area contributed by atoms with Crippen LogP contribution in [0.15, 0.2) is 22.7 Å². The van der Waals surface area contributed by atoms with E-state index in [4.69, 9.17) is 29.5 Å². The van der Waals surface area contributed by atoms with E-state index >= 15 is 0 Å². The standard InChI is InChI=1S/C22H27N3O7S/c1-7-28-19(27)16(13-11-33-20(23)24-13)25-29-10-12-8-9-14-17(31-22(5,6)30-14)15(12)18(26)32-21(2,3)4/h8-9,11H,7,10H2,1-6H3,(H2,23,24). The summed E-state index contributed by atoms with van der Waals surface area (Å²) in [6, 6.07) is 3.33. The van der Waals surface area contributed by atoms with Crippen LogP contribution >= 0.6 is 11.3 Å². The Kier molecular flexibility index (Phi) is 6.82. The van der Waals surface area contributed by atoms with Gasteiger partial charge in [-0.2, -0.15) is 0 Å². The van der Waals surface area contributed by atoms with Crippen LogP contribution in [-0.2, 0) is 25.7 Å². The van der Waals surface area contributed by atoms with Crippen LogP contribution in [0.25, 0.3) is 0 Å². The van der Waals surface area contributed by atoms with Gasteiger partial charge >= 0.3 is 11.9 Å². The molecule has 0 atom stereocenters. The summed E-state index contributed by atoms with van der Waals surface area (Å²) < 4.78 is 22.2. The SMILES string of the molecule is CCOC(=O)C(=NOCc1ccc2c(c1C(=O)OC(C)(C)C)OC(C)(C)O2)c1csc(N)n1. The highest BCUT2D eigenvalue weighted by Gasteiger charge is 2.37. The van der Waals surface area contributed by atoms with Crippen molar-refractivity contribution in [1.82, 2.24) is 4.98 Å². The zero-order chi connectivity index (χ0) is 24.4. The molecule has 0 unspecified atom stereocenters. The third-order valence-corrected chi connectivity index (χ3v) is 4.80. The molecule has 0 aliphatic carbocycles. The molecule has 0 radical (unpaired) electrons. The number of oxime groups is 1. The molecule has 178 valence electrons. The van der Waals surface area contributed by atoms with Gasteiger partial charge in [0.15, 0.2) is 16.6 Å². The lowest BCUT2D eigenvalue weighted by Crippen LogP contribution is -2.30. The molecular formula is C22H27N3O7S. The zero-order valence-corrected chi connectivity index (χ0v) is 20.2. The van der Waals surface area contributed by atoms with E-state index in [9.17, 15) is 9.59 Å². The Balaban J connectivity index is 1.92. The molecule has 33 heavy (non-hydrogen) atoms. The third-order valence-electron chi connectivity index (χ3n) is 4.12. The summed E-state index contributed by atoms with van der Waals surface area (Å²) in [5.41, 5.74) is 5.64. The number of nitrogens with two attached hydrogens (primary N) is 1. The van der Waals surface area contributed by atoms with E-state index < -0.39 is 23.3 Å². The summed E-state index contributed by atoms with van der Waals surface area (Å²) in [6.45, 7) is 10.4. The summed E-state index contributed by atoms with van der Waals surface area (Å²) in [5.74, 6) is -1.57. The van der Waals surface area contributed by atoms with E-state index in [0.29, 0.717) is 11.3 Å². The maximum Gasteiger partial charge on any atom is 0.362 e. The molecule has 11 heteroatoms. The number of rotatable bonds is 7. The van der Waals surface area contributed by atoms with Gasteiger partial charge in [-0.1, -0.05) is 11.2 Å². The molecule has 0 bridgehead atoms. The van der Waals surface area contributed by atoms with Crippen LogP contribution in [0.2, 0.25) is 0 Å². The van der Waals surface area contributed by atoms with Crippen molar-refractivity contribution in [2.75, 3.05) is 12.3 Å². The number of nitrogens with zero attached hydrogens (tertiary/aromatic N) is 2. The molecule has 1 aromatic carbocycles. The van der Waals surface area contributed by atoms with E-state index in [2.05, 4.69) is 10.1 Å². The Morgan fingerprint density at radius 2 is 1.97 bits per heavy atom. The van der Waals surface area contributed by atoms with Crippen LogP contribution in [0.4, 0.5) is 5.13 Å². The fraction of sp³-hybridized carbons (Fsp3) is 0.455. The first kappa shape index (κ1) is 24.3. The smallest absolute Gasteiger partial charge is 0.362 e. The van der Waals surface area contributed by atoms with Gasteiger partial charge < -0.3 is 29.5 Å². The fourth-order valence-corrected chi connectivity index (χ4v) is 3.49. The van der Waals surface area contributed by atoms with Gasteiger partial charge in [-0.25, -0.2) is 14.6 Å². The number of thiazole rings is 1. The van der Waals surface area contributed by atoms with E-state index in [-0.39, 0.29) is 41.1 Å². The summed E-state index contributed by atoms with van der Waals surface area (Å²) in [7, 11) is 0. The molecule has 1 aliphatic heterocycles. The monoisotopic (exact) mass is 477 g/mol. The van der Waals surface area contributed by atoms with Crippen LogP contribution in [0.5, 0.6) is 11.5 Å². The van der Waals surface area contributed by atoms with Crippen LogP contribution in [-0.4, -0.2) is 40.6 Å². The highest BCUT2D eigenvalue weighted by atomic mass is 32.1. The maximum atomic E-state index is 13.0. The molecule has 0 saturated carbocycles. The molecule has 2 aromatic rings. The minimum atomic E-state index is -0.946. The van der Waals surface area contributed by atoms with Crippen molar-refractivity contribution in [3.8, 4) is 11.5 Å². The second kappa shape index (κ2) is 9.26. The quantitative estimate of drug-likeness (QED) is 0.360. The number of nitrogen functional groups attached to an aromatic ring is 1. The normalized spacial score (nSPS) is 14.7. The van der Waals surface area contributed by atoms with Gasteiger partial charge in [0.2, 0.25) is 11.5 Å². The lowest BCUT2D eigenvalue weighted by molar-refractivity contribution is -0.135. The molecule has 1 aromatic heterocycles. The molecular weight excluding hydrogens is 450 g/mol. The molecule has 0 amide bonds. The number of carbonyl (C=O) groups is 2. The lowest BCUT2D eigenvalue weighted by Gasteiger charge is -2.21. The van der Waals surface area contributed by atoms with Crippen molar-refractivity contribution in [3.05, 3.63) is 34.3 Å². The first-order valence-corrected chi connectivity index (χ1v) is 11.1. The highest BCUT2D eigenvalue weighted by Crippen LogP contribution is 2.44. The van der Waals surface area contributed by atoms with Gasteiger partial charge in [0.1, 0.15) is 23.5 Å². The van der Waals surface area contributed by atoms with E-state index in [1.54, 1.807) is 59.1 Å². The average Bonchev–Trinajstić information content (AvgIpc) is 3.24. The van der Waals surface area contributed by atoms with Crippen LogP contribution < -0.4 is 15.2 Å². The first-order chi connectivity index (χ1) is 15.4. The van der Waals surface area contributed by atoms with Crippen LogP contribution in [0.3, 0.4) is 0 Å². The summed E-state index contributed by atoms with van der Waals surface area (Å²) >= 11 is 1.15. The number of benzene rings is 1. The van der Waals surface area contributed by atoms with Crippen molar-refractivity contribution in [3.63, 3.8) is 0 Å². The Hall–Kier alpha value is -3.34. The molecule has 3 rings (SSSR count). The van der Waals surface area contributed by atoms with Crippen molar-refractivity contribution in [1.29, 1.82) is 0 Å². The summed E-state index contributed by atoms with van der Waals surface area (Å²) in [4.78, 5) is 34.9. The molecule has 2 heterocycles. The van der Waals surface area contributed by atoms with Gasteiger partial charge in [0, 0.05) is 24.8 Å². The predicted molar refractivity (Wildman–Crippen MR) is 121 cm³/mol. The van der Waals surface area contributed by atoms with E-state index in [0.717, 1.165) is 11.3 Å². The van der Waals surface area contributed by atoms with E-state index in [1.165, 1.54) is 0 Å². The Morgan fingerprint density at radius 3 is 2.58 bits per heavy atom. The van der Waals surface area contributed by atoms with Crippen molar-refractivity contribution in [2.24, 2.45) is 5.16 Å². The second-order valence-corrected chi connectivity index (χ2v) is 9.43. The molecule has 0 fully saturated rings. The van der Waals surface area contributed by atoms with Crippen LogP contribution in [0, 0.1) is 0 Å². The van der Waals surface area contributed by atoms with E-state index in [1.807, 2.05) is 0 Å². The molecule has 10 nitrogen and oxygen atoms in total. The Bertz CT molecular complexity index is 1090. The fourth-order valence-electron chi connectivity index (χ4n) is 2.94. The number of ether oxygens (including phenoxy) is 4. The number of carbonyl (C=O) groups excluding carboxylic acids is 2. The topological polar surface area (TPSA) is 132 Å². The first-order valence-electron chi connectivity index (χ1n) is 10.3. The summed E-state index contributed by atoms with van der Waals surface area (Å²) in [5, 5.41) is 5.77. The average molecular weight is 478 g/mol. The van der Waals surface area contributed by atoms with Crippen molar-refractivity contribution in [2.45, 2.75) is 59.5 Å². The number of anilines is 1. The van der Waals surface area contributed by atoms with Crippen LogP contribution in [0.1, 0.15) is 63.2 Å². The predicted octanol–water partition coefficient (Wildman–Crippen LogP) is 3.67. The lowest BCUT2D eigenvalue weighted by atomic mass is 10.1. The zero-order valence-electron chi connectivity index (χ0n) is 19.4. The molecule has 0 spiro atoms. The van der Waals surface area contributed by atoms with Crippen molar-refractivity contribution >= 4 is 34.1 Å². The maximum absolute atomic E-state index is 13.0. The molecule has 1 aliphatic rings. The van der Waals surface area contributed by atoms with Crippen molar-refractivity contribution < 1.29 is 33.4 Å². The molecule has 2 N–H and O–H groups in total. The minimum absolute atomic E-state index is 0.134. The number of esters is 2. The summed E-state index contributed by atoms with van der Waals surface area (Å²) in [6.07, 6.45) is 0. The number of hydrogen-bond acceptors (Lipinski definition) is 11. The van der Waals surface area contributed by atoms with Gasteiger partial charge in [-0.05, 0) is 33.8 Å². The number of aromatic nitrogens is 1. The number of hydrogen-bond donors (Lipinski definition) is 1. The number of fused-ring (bicyclic) bond motifs is 1. The third kappa shape index (κ3) is 5.92. The second-order valence-electron chi connectivity index (χ2n) is 8.54. The highest BCUT2D eigenvalue weighted by molar-refractivity contribution is 7.13. The van der Waals surface area contributed by atoms with Gasteiger partial charge in [-0.3, -0.25) is 0 Å².